The van der Waals surface area contributed by atoms with Crippen LogP contribution in [0.15, 0.2) is 51.3 Å². The molecule has 0 saturated heterocycles. The third-order valence-electron chi connectivity index (χ3n) is 5.21. The Morgan fingerprint density at radius 3 is 2.58 bits per heavy atom. The summed E-state index contributed by atoms with van der Waals surface area (Å²) in [6, 6.07) is 10.2. The number of methoxy groups -OCH3 is 1. The lowest BCUT2D eigenvalue weighted by atomic mass is 9.93. The maximum atomic E-state index is 12.7. The van der Waals surface area contributed by atoms with Gasteiger partial charge in [0.15, 0.2) is 5.76 Å². The number of hydrazine groups is 1. The van der Waals surface area contributed by atoms with Crippen LogP contribution in [0.1, 0.15) is 60.3 Å². The van der Waals surface area contributed by atoms with Crippen LogP contribution in [-0.4, -0.2) is 30.5 Å². The molecule has 2 heterocycles. The summed E-state index contributed by atoms with van der Waals surface area (Å²) in [6.45, 7) is 1.75. The number of benzene rings is 1. The summed E-state index contributed by atoms with van der Waals surface area (Å²) in [6.07, 6.45) is 2.07. The van der Waals surface area contributed by atoms with Gasteiger partial charge in [-0.15, -0.1) is 11.3 Å². The fraction of sp³-hybridized carbons (Fsp3) is 0.217. The van der Waals surface area contributed by atoms with Crippen molar-refractivity contribution in [2.24, 2.45) is 5.10 Å². The summed E-state index contributed by atoms with van der Waals surface area (Å²) in [5.41, 5.74) is 9.59. The summed E-state index contributed by atoms with van der Waals surface area (Å²) in [5, 5.41) is 6.11. The molecule has 4 rings (SSSR count). The van der Waals surface area contributed by atoms with Gasteiger partial charge in [0, 0.05) is 17.5 Å². The van der Waals surface area contributed by atoms with Gasteiger partial charge in [0.05, 0.1) is 23.3 Å². The van der Waals surface area contributed by atoms with Crippen LogP contribution < -0.4 is 21.0 Å². The van der Waals surface area contributed by atoms with Gasteiger partial charge in [0.25, 0.3) is 11.8 Å². The number of furan rings is 1. The molecule has 0 atom stereocenters. The van der Waals surface area contributed by atoms with Crippen LogP contribution in [0.2, 0.25) is 0 Å². The first-order chi connectivity index (χ1) is 16.0. The predicted octanol–water partition coefficient (Wildman–Crippen LogP) is 3.20. The zero-order chi connectivity index (χ0) is 23.4. The van der Waals surface area contributed by atoms with Gasteiger partial charge < -0.3 is 9.15 Å². The molecule has 0 spiro atoms. The fourth-order valence-electron chi connectivity index (χ4n) is 3.65. The van der Waals surface area contributed by atoms with E-state index < -0.39 is 11.8 Å². The van der Waals surface area contributed by atoms with E-state index in [4.69, 9.17) is 9.15 Å². The van der Waals surface area contributed by atoms with Crippen LogP contribution in [0.3, 0.4) is 0 Å². The summed E-state index contributed by atoms with van der Waals surface area (Å²) >= 11 is 1.33. The van der Waals surface area contributed by atoms with E-state index in [1.54, 1.807) is 43.3 Å². The number of amides is 3. The van der Waals surface area contributed by atoms with Crippen molar-refractivity contribution in [2.45, 2.75) is 26.2 Å². The predicted molar refractivity (Wildman–Crippen MR) is 123 cm³/mol. The van der Waals surface area contributed by atoms with E-state index in [2.05, 4.69) is 21.4 Å². The number of aryl methyl sites for hydroxylation is 1. The number of hydrogen-bond donors (Lipinski definition) is 3. The Hall–Kier alpha value is -3.92. The van der Waals surface area contributed by atoms with E-state index in [1.807, 2.05) is 5.38 Å². The SMILES string of the molecule is COc1ccccc1C(=O)NNC(=O)c1oc2c(c1C)/C(=N/NC(=O)c1cccs1)CCC2. The van der Waals surface area contributed by atoms with Gasteiger partial charge in [-0.3, -0.25) is 25.2 Å². The molecule has 33 heavy (non-hydrogen) atoms. The van der Waals surface area contributed by atoms with Crippen LogP contribution in [0.5, 0.6) is 5.75 Å². The Morgan fingerprint density at radius 2 is 1.82 bits per heavy atom. The molecule has 1 aliphatic rings. The van der Waals surface area contributed by atoms with Crippen molar-refractivity contribution in [3.05, 3.63) is 74.9 Å². The van der Waals surface area contributed by atoms with Crippen molar-refractivity contribution >= 4 is 34.8 Å². The van der Waals surface area contributed by atoms with Crippen molar-refractivity contribution < 1.29 is 23.5 Å². The molecule has 0 fully saturated rings. The van der Waals surface area contributed by atoms with Crippen LogP contribution in [0.4, 0.5) is 0 Å². The molecule has 1 aromatic carbocycles. The van der Waals surface area contributed by atoms with Gasteiger partial charge in [-0.25, -0.2) is 5.43 Å². The topological polar surface area (TPSA) is 122 Å². The van der Waals surface area contributed by atoms with Gasteiger partial charge in [-0.1, -0.05) is 18.2 Å². The van der Waals surface area contributed by atoms with Gasteiger partial charge in [0.2, 0.25) is 0 Å². The first-order valence-electron chi connectivity index (χ1n) is 10.3. The van der Waals surface area contributed by atoms with E-state index in [1.165, 1.54) is 18.4 Å². The number of hydrazone groups is 1. The second kappa shape index (κ2) is 9.70. The Morgan fingerprint density at radius 1 is 1.03 bits per heavy atom. The zero-order valence-electron chi connectivity index (χ0n) is 18.1. The number of rotatable bonds is 5. The van der Waals surface area contributed by atoms with E-state index in [0.717, 1.165) is 6.42 Å². The number of para-hydroxylation sites is 1. The summed E-state index contributed by atoms with van der Waals surface area (Å²) in [4.78, 5) is 38.0. The number of thiophene rings is 1. The molecule has 0 unspecified atom stereocenters. The Balaban J connectivity index is 1.48. The minimum absolute atomic E-state index is 0.0829. The van der Waals surface area contributed by atoms with Gasteiger partial charge in [-0.2, -0.15) is 5.10 Å². The van der Waals surface area contributed by atoms with E-state index >= 15 is 0 Å². The molecule has 0 bridgehead atoms. The maximum Gasteiger partial charge on any atom is 0.305 e. The minimum atomic E-state index is -0.591. The smallest absolute Gasteiger partial charge is 0.305 e. The summed E-state index contributed by atoms with van der Waals surface area (Å²) < 4.78 is 11.0. The molecule has 0 radical (unpaired) electrons. The van der Waals surface area contributed by atoms with Gasteiger partial charge in [-0.05, 0) is 43.3 Å². The molecule has 10 heteroatoms. The van der Waals surface area contributed by atoms with E-state index in [9.17, 15) is 14.4 Å². The lowest BCUT2D eigenvalue weighted by Crippen LogP contribution is -2.41. The quantitative estimate of drug-likeness (QED) is 0.499. The largest absolute Gasteiger partial charge is 0.496 e. The lowest BCUT2D eigenvalue weighted by Gasteiger charge is -2.13. The number of ether oxygens (including phenoxy) is 1. The molecule has 1 aliphatic carbocycles. The van der Waals surface area contributed by atoms with Crippen molar-refractivity contribution in [1.82, 2.24) is 16.3 Å². The number of nitrogens with zero attached hydrogens (tertiary/aromatic N) is 1. The van der Waals surface area contributed by atoms with Gasteiger partial charge in [0.1, 0.15) is 11.5 Å². The Bertz CT molecular complexity index is 1230. The lowest BCUT2D eigenvalue weighted by molar-refractivity contribution is 0.0827. The molecule has 9 nitrogen and oxygen atoms in total. The Labute approximate surface area is 193 Å². The number of nitrogens with one attached hydrogen (secondary N) is 3. The highest BCUT2D eigenvalue weighted by Gasteiger charge is 2.28. The third-order valence-corrected chi connectivity index (χ3v) is 6.08. The Kier molecular flexibility index (Phi) is 6.55. The van der Waals surface area contributed by atoms with Crippen LogP contribution in [0.25, 0.3) is 0 Å². The molecule has 3 amide bonds. The highest BCUT2D eigenvalue weighted by atomic mass is 32.1. The minimum Gasteiger partial charge on any atom is -0.496 e. The van der Waals surface area contributed by atoms with E-state index in [-0.39, 0.29) is 17.2 Å². The number of carbonyl (C=O) groups is 3. The van der Waals surface area contributed by atoms with Crippen molar-refractivity contribution in [3.8, 4) is 5.75 Å². The number of hydrogen-bond acceptors (Lipinski definition) is 7. The molecule has 170 valence electrons. The first-order valence-corrected chi connectivity index (χ1v) is 11.1. The first kappa shape index (κ1) is 22.3. The van der Waals surface area contributed by atoms with Crippen LogP contribution >= 0.6 is 11.3 Å². The molecule has 0 aliphatic heterocycles. The highest BCUT2D eigenvalue weighted by molar-refractivity contribution is 7.12. The average molecular weight is 467 g/mol. The molecule has 0 saturated carbocycles. The third kappa shape index (κ3) is 4.65. The number of fused-ring (bicyclic) bond motifs is 1. The second-order valence-corrected chi connectivity index (χ2v) is 8.24. The molecule has 3 N–H and O–H groups in total. The number of carbonyl (C=O) groups excluding carboxylic acids is 3. The van der Waals surface area contributed by atoms with Gasteiger partial charge >= 0.3 is 5.91 Å². The fourth-order valence-corrected chi connectivity index (χ4v) is 4.26. The van der Waals surface area contributed by atoms with Crippen LogP contribution in [0, 0.1) is 6.92 Å². The molecular weight excluding hydrogens is 444 g/mol. The van der Waals surface area contributed by atoms with Crippen molar-refractivity contribution in [2.75, 3.05) is 7.11 Å². The standard InChI is InChI=1S/C23H22N4O5S/c1-13-19-15(24-26-22(29)18-11-6-12-33-18)8-5-10-17(19)32-20(13)23(30)27-25-21(28)14-7-3-4-9-16(14)31-2/h3-4,6-7,9,11-12H,5,8,10H2,1-2H3,(H,25,28)(H,26,29)(H,27,30)/b24-15+. The maximum absolute atomic E-state index is 12.7. The zero-order valence-corrected chi connectivity index (χ0v) is 18.9. The van der Waals surface area contributed by atoms with Crippen LogP contribution in [-0.2, 0) is 6.42 Å². The van der Waals surface area contributed by atoms with E-state index in [0.29, 0.717) is 46.1 Å². The highest BCUT2D eigenvalue weighted by Crippen LogP contribution is 2.30. The summed E-state index contributed by atoms with van der Waals surface area (Å²) in [7, 11) is 1.46. The average Bonchev–Trinajstić information content (AvgIpc) is 3.49. The normalized spacial score (nSPS) is 13.8. The monoisotopic (exact) mass is 466 g/mol. The van der Waals surface area contributed by atoms with Crippen molar-refractivity contribution in [3.63, 3.8) is 0 Å². The second-order valence-electron chi connectivity index (χ2n) is 7.29. The molecule has 3 aromatic rings. The molecular formula is C23H22N4O5S. The summed E-state index contributed by atoms with van der Waals surface area (Å²) in [5.74, 6) is -0.300. The molecule has 2 aromatic heterocycles. The van der Waals surface area contributed by atoms with Crippen molar-refractivity contribution in [1.29, 1.82) is 0 Å².